The molecule has 2 aromatic carbocycles. The van der Waals surface area contributed by atoms with E-state index in [4.69, 9.17) is 4.74 Å². The summed E-state index contributed by atoms with van der Waals surface area (Å²) in [5.41, 5.74) is 0.802. The number of ether oxygens (including phenoxy) is 1. The van der Waals surface area contributed by atoms with Gasteiger partial charge in [-0.2, -0.15) is 0 Å². The number of nitrogens with one attached hydrogen (secondary N) is 1. The van der Waals surface area contributed by atoms with E-state index in [1.807, 2.05) is 0 Å². The molecular weight excluding hydrogens is 331 g/mol. The van der Waals surface area contributed by atoms with Crippen LogP contribution in [0.2, 0.25) is 0 Å². The van der Waals surface area contributed by atoms with Crippen molar-refractivity contribution in [1.82, 2.24) is 5.32 Å². The van der Waals surface area contributed by atoms with Gasteiger partial charge in [-0.25, -0.2) is 4.39 Å². The molecule has 0 saturated carbocycles. The van der Waals surface area contributed by atoms with Gasteiger partial charge in [0.25, 0.3) is 11.6 Å². The van der Waals surface area contributed by atoms with E-state index >= 15 is 0 Å². The molecule has 0 aliphatic rings. The quantitative estimate of drug-likeness (QED) is 0.472. The van der Waals surface area contributed by atoms with Gasteiger partial charge < -0.3 is 10.1 Å². The highest BCUT2D eigenvalue weighted by Gasteiger charge is 2.10. The van der Waals surface area contributed by atoms with Crippen LogP contribution in [0.3, 0.4) is 0 Å². The topological polar surface area (TPSA) is 98.5 Å². The highest BCUT2D eigenvalue weighted by Crippen LogP contribution is 2.11. The van der Waals surface area contributed by atoms with E-state index < -0.39 is 16.8 Å². The number of carbonyl (C=O) groups excluding carboxylic acids is 2. The number of benzene rings is 2. The standard InChI is InChI=1S/C17H15FN2O5/c18-14-5-1-12(2-6-14)11-25-16(21)9-10-19-17(22)13-3-7-15(8-4-13)20(23)24/h1-8H,9-11H2,(H,19,22). The van der Waals surface area contributed by atoms with Crippen LogP contribution in [-0.4, -0.2) is 23.3 Å². The SMILES string of the molecule is O=C(CCNC(=O)c1ccc([N+](=O)[O-])cc1)OCc1ccc(F)cc1. The molecule has 0 fully saturated rings. The van der Waals surface area contributed by atoms with Crippen molar-refractivity contribution < 1.29 is 23.6 Å². The average molecular weight is 346 g/mol. The Hall–Kier alpha value is -3.29. The predicted octanol–water partition coefficient (Wildman–Crippen LogP) is 2.60. The third-order valence-electron chi connectivity index (χ3n) is 3.27. The summed E-state index contributed by atoms with van der Waals surface area (Å²) in [5, 5.41) is 13.1. The fraction of sp³-hybridized carbons (Fsp3) is 0.176. The van der Waals surface area contributed by atoms with Gasteiger partial charge in [-0.1, -0.05) is 12.1 Å². The van der Waals surface area contributed by atoms with Crippen LogP contribution >= 0.6 is 0 Å². The lowest BCUT2D eigenvalue weighted by atomic mass is 10.2. The van der Waals surface area contributed by atoms with Crippen LogP contribution in [0.4, 0.5) is 10.1 Å². The maximum Gasteiger partial charge on any atom is 0.307 e. The molecule has 1 N–H and O–H groups in total. The summed E-state index contributed by atoms with van der Waals surface area (Å²) < 4.78 is 17.8. The van der Waals surface area contributed by atoms with Gasteiger partial charge in [0.2, 0.25) is 0 Å². The number of carbonyl (C=O) groups is 2. The fourth-order valence-corrected chi connectivity index (χ4v) is 1.93. The molecule has 0 radical (unpaired) electrons. The summed E-state index contributed by atoms with van der Waals surface area (Å²) in [5.74, 6) is -1.32. The molecule has 0 saturated heterocycles. The number of rotatable bonds is 7. The minimum Gasteiger partial charge on any atom is -0.461 e. The summed E-state index contributed by atoms with van der Waals surface area (Å²) in [6, 6.07) is 10.7. The Labute approximate surface area is 142 Å². The van der Waals surface area contributed by atoms with Crippen molar-refractivity contribution in [3.63, 3.8) is 0 Å². The van der Waals surface area contributed by atoms with Crippen LogP contribution in [0, 0.1) is 15.9 Å². The molecule has 0 spiro atoms. The summed E-state index contributed by atoms with van der Waals surface area (Å²) in [6.07, 6.45) is -0.0279. The Morgan fingerprint density at radius 2 is 1.72 bits per heavy atom. The number of amides is 1. The van der Waals surface area contributed by atoms with Crippen molar-refractivity contribution in [2.24, 2.45) is 0 Å². The van der Waals surface area contributed by atoms with Gasteiger partial charge in [-0.05, 0) is 29.8 Å². The van der Waals surface area contributed by atoms with Crippen LogP contribution < -0.4 is 5.32 Å². The highest BCUT2D eigenvalue weighted by atomic mass is 19.1. The Bertz CT molecular complexity index is 760. The zero-order valence-electron chi connectivity index (χ0n) is 13.1. The zero-order valence-corrected chi connectivity index (χ0v) is 13.1. The lowest BCUT2D eigenvalue weighted by Crippen LogP contribution is -2.26. The summed E-state index contributed by atoms with van der Waals surface area (Å²) in [4.78, 5) is 33.4. The molecule has 0 heterocycles. The van der Waals surface area contributed by atoms with Gasteiger partial charge in [0.05, 0.1) is 11.3 Å². The monoisotopic (exact) mass is 346 g/mol. The number of non-ortho nitro benzene ring substituents is 1. The van der Waals surface area contributed by atoms with E-state index in [-0.39, 0.29) is 36.6 Å². The van der Waals surface area contributed by atoms with Crippen molar-refractivity contribution in [3.05, 3.63) is 75.6 Å². The summed E-state index contributed by atoms with van der Waals surface area (Å²) in [7, 11) is 0. The van der Waals surface area contributed by atoms with Crippen LogP contribution in [0.5, 0.6) is 0 Å². The Morgan fingerprint density at radius 1 is 1.08 bits per heavy atom. The minimum absolute atomic E-state index is 0.0232. The number of hydrogen-bond donors (Lipinski definition) is 1. The summed E-state index contributed by atoms with van der Waals surface area (Å²) in [6.45, 7) is 0.0908. The first kappa shape index (κ1) is 18.1. The van der Waals surface area contributed by atoms with Gasteiger partial charge in [-0.15, -0.1) is 0 Å². The molecule has 0 bridgehead atoms. The molecule has 0 atom stereocenters. The van der Waals surface area contributed by atoms with Crippen molar-refractivity contribution >= 4 is 17.6 Å². The smallest absolute Gasteiger partial charge is 0.307 e. The second-order valence-electron chi connectivity index (χ2n) is 5.10. The average Bonchev–Trinajstić information content (AvgIpc) is 2.61. The van der Waals surface area contributed by atoms with Crippen LogP contribution in [0.15, 0.2) is 48.5 Å². The van der Waals surface area contributed by atoms with Crippen molar-refractivity contribution in [3.8, 4) is 0 Å². The van der Waals surface area contributed by atoms with Gasteiger partial charge in [0.1, 0.15) is 12.4 Å². The third-order valence-corrected chi connectivity index (χ3v) is 3.27. The molecule has 7 nitrogen and oxygen atoms in total. The second kappa shape index (κ2) is 8.53. The molecule has 2 rings (SSSR count). The summed E-state index contributed by atoms with van der Waals surface area (Å²) >= 11 is 0. The number of nitro groups is 1. The van der Waals surface area contributed by atoms with Gasteiger partial charge in [0, 0.05) is 24.2 Å². The molecule has 0 aliphatic carbocycles. The molecule has 2 aromatic rings. The van der Waals surface area contributed by atoms with Gasteiger partial charge >= 0.3 is 5.97 Å². The lowest BCUT2D eigenvalue weighted by molar-refractivity contribution is -0.384. The number of esters is 1. The number of nitro benzene ring substituents is 1. The molecule has 1 amide bonds. The molecule has 130 valence electrons. The normalized spacial score (nSPS) is 10.1. The second-order valence-corrected chi connectivity index (χ2v) is 5.10. The lowest BCUT2D eigenvalue weighted by Gasteiger charge is -2.06. The molecule has 8 heteroatoms. The van der Waals surface area contributed by atoms with Crippen LogP contribution in [0.1, 0.15) is 22.3 Å². The van der Waals surface area contributed by atoms with Gasteiger partial charge in [0.15, 0.2) is 0 Å². The maximum atomic E-state index is 12.7. The van der Waals surface area contributed by atoms with Crippen molar-refractivity contribution in [2.75, 3.05) is 6.54 Å². The molecular formula is C17H15FN2O5. The molecule has 25 heavy (non-hydrogen) atoms. The van der Waals surface area contributed by atoms with E-state index in [0.29, 0.717) is 5.56 Å². The number of halogens is 1. The fourth-order valence-electron chi connectivity index (χ4n) is 1.93. The largest absolute Gasteiger partial charge is 0.461 e. The molecule has 0 aromatic heterocycles. The van der Waals surface area contributed by atoms with E-state index in [1.165, 1.54) is 48.5 Å². The Kier molecular flexibility index (Phi) is 6.16. The van der Waals surface area contributed by atoms with Crippen molar-refractivity contribution in [1.29, 1.82) is 0 Å². The Balaban J connectivity index is 1.72. The first-order valence-electron chi connectivity index (χ1n) is 7.38. The highest BCUT2D eigenvalue weighted by molar-refractivity contribution is 5.94. The van der Waals surface area contributed by atoms with E-state index in [0.717, 1.165) is 0 Å². The van der Waals surface area contributed by atoms with E-state index in [9.17, 15) is 24.1 Å². The van der Waals surface area contributed by atoms with E-state index in [2.05, 4.69) is 5.32 Å². The first-order chi connectivity index (χ1) is 12.0. The molecule has 0 aliphatic heterocycles. The maximum absolute atomic E-state index is 12.7. The predicted molar refractivity (Wildman–Crippen MR) is 86.2 cm³/mol. The van der Waals surface area contributed by atoms with Crippen LogP contribution in [-0.2, 0) is 16.1 Å². The third kappa shape index (κ3) is 5.69. The minimum atomic E-state index is -0.557. The first-order valence-corrected chi connectivity index (χ1v) is 7.38. The molecule has 0 unspecified atom stereocenters. The number of nitrogens with zero attached hydrogens (tertiary/aromatic N) is 1. The zero-order chi connectivity index (χ0) is 18.2. The number of hydrogen-bond acceptors (Lipinski definition) is 5. The Morgan fingerprint density at radius 3 is 2.32 bits per heavy atom. The van der Waals surface area contributed by atoms with Gasteiger partial charge in [-0.3, -0.25) is 19.7 Å². The van der Waals surface area contributed by atoms with Crippen molar-refractivity contribution in [2.45, 2.75) is 13.0 Å². The van der Waals surface area contributed by atoms with Crippen LogP contribution in [0.25, 0.3) is 0 Å². The van der Waals surface area contributed by atoms with E-state index in [1.54, 1.807) is 0 Å².